The van der Waals surface area contributed by atoms with Gasteiger partial charge < -0.3 is 34.3 Å². The molecule has 9 nitrogen and oxygen atoms in total. The van der Waals surface area contributed by atoms with Gasteiger partial charge in [-0.05, 0) is 46.9 Å². The number of aliphatic hydroxyl groups is 2. The van der Waals surface area contributed by atoms with Crippen LogP contribution in [0.2, 0.25) is 0 Å². The van der Waals surface area contributed by atoms with E-state index < -0.39 is 18.2 Å². The maximum absolute atomic E-state index is 12.9. The first-order valence-electron chi connectivity index (χ1n) is 10.4. The first-order chi connectivity index (χ1) is 15.9. The third-order valence-electron chi connectivity index (χ3n) is 5.24. The lowest BCUT2D eigenvalue weighted by Gasteiger charge is -2.40. The molecule has 1 aromatic carbocycles. The summed E-state index contributed by atoms with van der Waals surface area (Å²) >= 11 is 2.13. The van der Waals surface area contributed by atoms with Crippen LogP contribution in [-0.4, -0.2) is 72.0 Å². The Labute approximate surface area is 205 Å². The van der Waals surface area contributed by atoms with Gasteiger partial charge in [0.25, 0.3) is 0 Å². The number of carbonyl (C=O) groups excluding carboxylic acids is 2. The minimum absolute atomic E-state index is 0.0901. The molecule has 3 unspecified atom stereocenters. The Hall–Kier alpha value is -2.41. The number of amides is 2. The summed E-state index contributed by atoms with van der Waals surface area (Å²) in [6.07, 6.45) is 2.72. The molecule has 33 heavy (non-hydrogen) atoms. The minimum atomic E-state index is -1.11. The van der Waals surface area contributed by atoms with Crippen molar-refractivity contribution < 1.29 is 33.7 Å². The molecule has 0 fully saturated rings. The molecule has 178 valence electrons. The second-order valence-electron chi connectivity index (χ2n) is 7.53. The van der Waals surface area contributed by atoms with Gasteiger partial charge >= 0.3 is 0 Å². The van der Waals surface area contributed by atoms with Crippen LogP contribution >= 0.6 is 22.6 Å². The fourth-order valence-electron chi connectivity index (χ4n) is 3.64. The summed E-state index contributed by atoms with van der Waals surface area (Å²) in [4.78, 5) is 27.2. The Kier molecular flexibility index (Phi) is 9.30. The number of para-hydroxylation sites is 1. The van der Waals surface area contributed by atoms with Crippen molar-refractivity contribution in [3.63, 3.8) is 0 Å². The number of furan rings is 1. The van der Waals surface area contributed by atoms with Crippen LogP contribution in [0.25, 0.3) is 0 Å². The molecule has 0 saturated heterocycles. The van der Waals surface area contributed by atoms with E-state index in [1.54, 1.807) is 18.2 Å². The standard InChI is InChI=1S/C23H27IN2O7/c1-31-14-21(28)26(12-15-6-9-32-13-15)18-10-16(23(30)25-7-8-27)11-20(22(18)29)33-19-5-3-2-4-17(19)24/h2-6,9,11,13,18,20,22,27,29H,7-8,10,12,14H2,1H3,(H,25,30). The second-order valence-corrected chi connectivity index (χ2v) is 8.69. The fourth-order valence-corrected chi connectivity index (χ4v) is 4.16. The summed E-state index contributed by atoms with van der Waals surface area (Å²) in [5.41, 5.74) is 1.10. The monoisotopic (exact) mass is 570 g/mol. The van der Waals surface area contributed by atoms with E-state index in [0.717, 1.165) is 9.13 Å². The van der Waals surface area contributed by atoms with Gasteiger partial charge in [-0.2, -0.15) is 0 Å². The SMILES string of the molecule is COCC(=O)N(Cc1ccoc1)C1CC(C(=O)NCCO)=CC(Oc2ccccc2I)C1O. The number of benzene rings is 1. The van der Waals surface area contributed by atoms with Gasteiger partial charge in [-0.15, -0.1) is 0 Å². The highest BCUT2D eigenvalue weighted by Crippen LogP contribution is 2.30. The zero-order chi connectivity index (χ0) is 23.8. The average molecular weight is 570 g/mol. The Balaban J connectivity index is 1.94. The number of hydrogen-bond donors (Lipinski definition) is 3. The summed E-state index contributed by atoms with van der Waals surface area (Å²) in [5.74, 6) is -0.175. The van der Waals surface area contributed by atoms with Crippen molar-refractivity contribution >= 4 is 34.4 Å². The predicted molar refractivity (Wildman–Crippen MR) is 127 cm³/mol. The number of aliphatic hydroxyl groups excluding tert-OH is 2. The van der Waals surface area contributed by atoms with Crippen LogP contribution in [0.5, 0.6) is 5.75 Å². The lowest BCUT2D eigenvalue weighted by Crippen LogP contribution is -2.55. The summed E-state index contributed by atoms with van der Waals surface area (Å²) in [5, 5.41) is 23.0. The van der Waals surface area contributed by atoms with Crippen molar-refractivity contribution in [1.82, 2.24) is 10.2 Å². The number of carbonyl (C=O) groups is 2. The van der Waals surface area contributed by atoms with Crippen molar-refractivity contribution in [3.05, 3.63) is 63.6 Å². The zero-order valence-corrected chi connectivity index (χ0v) is 20.3. The third-order valence-corrected chi connectivity index (χ3v) is 6.13. The molecule has 1 aliphatic rings. The topological polar surface area (TPSA) is 121 Å². The highest BCUT2D eigenvalue weighted by atomic mass is 127. The van der Waals surface area contributed by atoms with Crippen LogP contribution in [0.4, 0.5) is 0 Å². The van der Waals surface area contributed by atoms with Crippen LogP contribution in [0.3, 0.4) is 0 Å². The Morgan fingerprint density at radius 2 is 2.09 bits per heavy atom. The number of hydrogen-bond acceptors (Lipinski definition) is 7. The number of methoxy groups -OCH3 is 1. The molecule has 3 atom stereocenters. The molecule has 10 heteroatoms. The summed E-state index contributed by atoms with van der Waals surface area (Å²) in [6.45, 7) is -0.126. The number of nitrogens with zero attached hydrogens (tertiary/aromatic N) is 1. The van der Waals surface area contributed by atoms with Crippen molar-refractivity contribution in [2.45, 2.75) is 31.2 Å². The first kappa shape index (κ1) is 25.2. The number of ether oxygens (including phenoxy) is 2. The van der Waals surface area contributed by atoms with Gasteiger partial charge in [0.2, 0.25) is 11.8 Å². The number of nitrogens with one attached hydrogen (secondary N) is 1. The lowest BCUT2D eigenvalue weighted by molar-refractivity contribution is -0.143. The van der Waals surface area contributed by atoms with Gasteiger partial charge in [0.15, 0.2) is 0 Å². The predicted octanol–water partition coefficient (Wildman–Crippen LogP) is 1.47. The Bertz CT molecular complexity index is 963. The average Bonchev–Trinajstić information content (AvgIpc) is 3.32. The smallest absolute Gasteiger partial charge is 0.249 e. The first-order valence-corrected chi connectivity index (χ1v) is 11.5. The van der Waals surface area contributed by atoms with Gasteiger partial charge in [-0.3, -0.25) is 9.59 Å². The maximum Gasteiger partial charge on any atom is 0.249 e. The van der Waals surface area contributed by atoms with E-state index >= 15 is 0 Å². The quantitative estimate of drug-likeness (QED) is 0.370. The van der Waals surface area contributed by atoms with E-state index in [1.807, 2.05) is 18.2 Å². The van der Waals surface area contributed by atoms with E-state index in [9.17, 15) is 14.7 Å². The third kappa shape index (κ3) is 6.56. The fraction of sp³-hybridized carbons (Fsp3) is 0.391. The highest BCUT2D eigenvalue weighted by Gasteiger charge is 2.40. The molecular weight excluding hydrogens is 543 g/mol. The molecule has 3 N–H and O–H groups in total. The molecule has 0 spiro atoms. The van der Waals surface area contributed by atoms with Crippen molar-refractivity contribution in [3.8, 4) is 5.75 Å². The summed E-state index contributed by atoms with van der Waals surface area (Å²) in [7, 11) is 1.42. The minimum Gasteiger partial charge on any atom is -0.482 e. The number of halogens is 1. The Morgan fingerprint density at radius 1 is 1.30 bits per heavy atom. The normalized spacial score (nSPS) is 20.1. The zero-order valence-electron chi connectivity index (χ0n) is 18.1. The molecule has 0 saturated carbocycles. The van der Waals surface area contributed by atoms with E-state index in [4.69, 9.17) is 19.0 Å². The molecule has 0 radical (unpaired) electrons. The van der Waals surface area contributed by atoms with Crippen LogP contribution in [0.15, 0.2) is 58.9 Å². The lowest BCUT2D eigenvalue weighted by atomic mass is 9.88. The maximum atomic E-state index is 12.9. The molecule has 2 amide bonds. The van der Waals surface area contributed by atoms with Gasteiger partial charge in [0.05, 0.1) is 28.7 Å². The van der Waals surface area contributed by atoms with Gasteiger partial charge in [0.1, 0.15) is 24.6 Å². The highest BCUT2D eigenvalue weighted by molar-refractivity contribution is 14.1. The summed E-state index contributed by atoms with van der Waals surface area (Å²) in [6, 6.07) is 8.30. The van der Waals surface area contributed by atoms with E-state index in [1.165, 1.54) is 24.5 Å². The molecule has 0 aliphatic heterocycles. The number of rotatable bonds is 10. The van der Waals surface area contributed by atoms with Crippen LogP contribution in [-0.2, 0) is 20.9 Å². The molecular formula is C23H27IN2O7. The van der Waals surface area contributed by atoms with E-state index in [0.29, 0.717) is 11.3 Å². The van der Waals surface area contributed by atoms with Crippen LogP contribution < -0.4 is 10.1 Å². The summed E-state index contributed by atoms with van der Waals surface area (Å²) < 4.78 is 17.1. The van der Waals surface area contributed by atoms with Gasteiger partial charge in [-0.25, -0.2) is 0 Å². The largest absolute Gasteiger partial charge is 0.482 e. The van der Waals surface area contributed by atoms with E-state index in [-0.39, 0.29) is 44.5 Å². The van der Waals surface area contributed by atoms with Crippen LogP contribution in [0, 0.1) is 3.57 Å². The van der Waals surface area contributed by atoms with Crippen molar-refractivity contribution in [2.24, 2.45) is 0 Å². The van der Waals surface area contributed by atoms with Gasteiger partial charge in [-0.1, -0.05) is 12.1 Å². The second kappa shape index (κ2) is 12.2. The van der Waals surface area contributed by atoms with Crippen LogP contribution in [0.1, 0.15) is 12.0 Å². The van der Waals surface area contributed by atoms with Gasteiger partial charge in [0, 0.05) is 37.8 Å². The van der Waals surface area contributed by atoms with E-state index in [2.05, 4.69) is 27.9 Å². The molecule has 2 aromatic rings. The molecule has 1 heterocycles. The van der Waals surface area contributed by atoms with Crippen molar-refractivity contribution in [1.29, 1.82) is 0 Å². The molecule has 1 aromatic heterocycles. The molecule has 1 aliphatic carbocycles. The Morgan fingerprint density at radius 3 is 2.76 bits per heavy atom. The molecule has 3 rings (SSSR count). The molecule has 0 bridgehead atoms. The van der Waals surface area contributed by atoms with Crippen molar-refractivity contribution in [2.75, 3.05) is 26.9 Å².